The van der Waals surface area contributed by atoms with E-state index in [9.17, 15) is 4.79 Å². The van der Waals surface area contributed by atoms with Crippen molar-refractivity contribution in [2.75, 3.05) is 6.61 Å². The molecule has 3 rings (SSSR count). The van der Waals surface area contributed by atoms with Gasteiger partial charge in [-0.05, 0) is 12.8 Å². The molecule has 0 N–H and O–H groups in total. The van der Waals surface area contributed by atoms with Crippen LogP contribution in [-0.4, -0.2) is 12.4 Å². The maximum absolute atomic E-state index is 11.9. The van der Waals surface area contributed by atoms with Crippen LogP contribution in [-0.2, 0) is 4.74 Å². The molecule has 0 radical (unpaired) electrons. The van der Waals surface area contributed by atoms with Crippen LogP contribution in [0.1, 0.15) is 28.8 Å². The molecule has 0 bridgehead atoms. The summed E-state index contributed by atoms with van der Waals surface area (Å²) in [5.74, 6) is 0.993. The van der Waals surface area contributed by atoms with Crippen LogP contribution in [0.2, 0.25) is 0 Å². The molecule has 0 fully saturated rings. The molecular formula is C12H10O2. The molecule has 2 aliphatic rings. The van der Waals surface area contributed by atoms with Gasteiger partial charge < -0.3 is 4.74 Å². The third-order valence-corrected chi connectivity index (χ3v) is 2.78. The van der Waals surface area contributed by atoms with E-state index in [1.807, 2.05) is 24.3 Å². The summed E-state index contributed by atoms with van der Waals surface area (Å²) in [6.45, 7) is 0.737. The Morgan fingerprint density at radius 1 is 1.14 bits per heavy atom. The van der Waals surface area contributed by atoms with Crippen molar-refractivity contribution in [2.45, 2.75) is 12.8 Å². The molecule has 1 aromatic rings. The molecule has 1 aromatic carbocycles. The van der Waals surface area contributed by atoms with Gasteiger partial charge in [-0.15, -0.1) is 0 Å². The molecule has 14 heavy (non-hydrogen) atoms. The molecule has 1 aliphatic carbocycles. The predicted octanol–water partition coefficient (Wildman–Crippen LogP) is 2.40. The van der Waals surface area contributed by atoms with E-state index in [1.165, 1.54) is 0 Å². The van der Waals surface area contributed by atoms with Crippen LogP contribution in [0.25, 0.3) is 5.76 Å². The van der Waals surface area contributed by atoms with Crippen LogP contribution in [0, 0.1) is 0 Å². The summed E-state index contributed by atoms with van der Waals surface area (Å²) in [5, 5.41) is 0. The lowest BCUT2D eigenvalue weighted by Gasteiger charge is -2.14. The van der Waals surface area contributed by atoms with Gasteiger partial charge in [0.15, 0.2) is 5.78 Å². The van der Waals surface area contributed by atoms with Gasteiger partial charge in [-0.3, -0.25) is 4.79 Å². The predicted molar refractivity (Wildman–Crippen MR) is 52.9 cm³/mol. The van der Waals surface area contributed by atoms with Crippen LogP contribution >= 0.6 is 0 Å². The Bertz CT molecular complexity index is 443. The number of carbonyl (C=O) groups excluding carboxylic acids is 1. The van der Waals surface area contributed by atoms with Crippen molar-refractivity contribution < 1.29 is 9.53 Å². The number of hydrogen-bond donors (Lipinski definition) is 0. The Hall–Kier alpha value is -1.57. The van der Waals surface area contributed by atoms with Gasteiger partial charge in [0.05, 0.1) is 6.61 Å². The molecule has 0 spiro atoms. The van der Waals surface area contributed by atoms with Gasteiger partial charge in [-0.1, -0.05) is 24.3 Å². The molecular weight excluding hydrogens is 176 g/mol. The highest BCUT2D eigenvalue weighted by molar-refractivity contribution is 6.19. The largest absolute Gasteiger partial charge is 0.492 e. The Morgan fingerprint density at radius 3 is 2.79 bits per heavy atom. The van der Waals surface area contributed by atoms with Crippen LogP contribution in [0.15, 0.2) is 29.8 Å². The number of rotatable bonds is 0. The monoisotopic (exact) mass is 186 g/mol. The highest BCUT2D eigenvalue weighted by Crippen LogP contribution is 2.37. The fourth-order valence-corrected chi connectivity index (χ4v) is 2.12. The van der Waals surface area contributed by atoms with Crippen LogP contribution in [0.3, 0.4) is 0 Å². The second kappa shape index (κ2) is 2.71. The smallest absolute Gasteiger partial charge is 0.193 e. The molecule has 0 atom stereocenters. The number of allylic oxidation sites excluding steroid dienone is 1. The van der Waals surface area contributed by atoms with E-state index in [-0.39, 0.29) is 5.78 Å². The highest BCUT2D eigenvalue weighted by atomic mass is 16.5. The molecule has 0 amide bonds. The van der Waals surface area contributed by atoms with E-state index in [0.29, 0.717) is 0 Å². The first-order valence-corrected chi connectivity index (χ1v) is 4.88. The molecule has 1 aliphatic heterocycles. The molecule has 0 saturated heterocycles. The van der Waals surface area contributed by atoms with Gasteiger partial charge in [-0.2, -0.15) is 0 Å². The zero-order chi connectivity index (χ0) is 9.54. The van der Waals surface area contributed by atoms with Gasteiger partial charge in [0.2, 0.25) is 0 Å². The zero-order valence-electron chi connectivity index (χ0n) is 7.75. The summed E-state index contributed by atoms with van der Waals surface area (Å²) in [5.41, 5.74) is 2.66. The summed E-state index contributed by atoms with van der Waals surface area (Å²) >= 11 is 0. The second-order valence-corrected chi connectivity index (χ2v) is 3.63. The summed E-state index contributed by atoms with van der Waals surface area (Å²) in [4.78, 5) is 11.9. The molecule has 1 heterocycles. The number of ketones is 1. The lowest BCUT2D eigenvalue weighted by atomic mass is 10.1. The molecule has 2 heteroatoms. The standard InChI is InChI=1S/C12H10O2/c13-11-8-4-1-2-5-9(8)12-10(11)6-3-7-14-12/h1-2,4-5H,3,6-7H2. The first-order chi connectivity index (χ1) is 6.88. The van der Waals surface area contributed by atoms with Crippen molar-refractivity contribution >= 4 is 11.5 Å². The summed E-state index contributed by atoms with van der Waals surface area (Å²) in [6.07, 6.45) is 1.82. The van der Waals surface area contributed by atoms with Gasteiger partial charge >= 0.3 is 0 Å². The first kappa shape index (κ1) is 7.80. The molecule has 70 valence electrons. The maximum Gasteiger partial charge on any atom is 0.193 e. The van der Waals surface area contributed by atoms with E-state index < -0.39 is 0 Å². The minimum Gasteiger partial charge on any atom is -0.492 e. The highest BCUT2D eigenvalue weighted by Gasteiger charge is 2.31. The maximum atomic E-state index is 11.9. The fraction of sp³-hybridized carbons (Fsp3) is 0.250. The van der Waals surface area contributed by atoms with Crippen molar-refractivity contribution in [3.05, 3.63) is 41.0 Å². The zero-order valence-corrected chi connectivity index (χ0v) is 7.75. The van der Waals surface area contributed by atoms with Gasteiger partial charge in [0.1, 0.15) is 5.76 Å². The van der Waals surface area contributed by atoms with Gasteiger partial charge in [-0.25, -0.2) is 0 Å². The quantitative estimate of drug-likeness (QED) is 0.622. The Kier molecular flexibility index (Phi) is 1.51. The van der Waals surface area contributed by atoms with Crippen molar-refractivity contribution in [3.63, 3.8) is 0 Å². The number of ether oxygens (including phenoxy) is 1. The normalized spacial score (nSPS) is 19.0. The minimum atomic E-state index is 0.162. The lowest BCUT2D eigenvalue weighted by molar-refractivity contribution is 0.102. The van der Waals surface area contributed by atoms with E-state index in [1.54, 1.807) is 0 Å². The lowest BCUT2D eigenvalue weighted by Crippen LogP contribution is -2.05. The third kappa shape index (κ3) is 0.882. The summed E-state index contributed by atoms with van der Waals surface area (Å²) in [6, 6.07) is 7.68. The van der Waals surface area contributed by atoms with E-state index in [4.69, 9.17) is 4.74 Å². The number of hydrogen-bond acceptors (Lipinski definition) is 2. The fourth-order valence-electron chi connectivity index (χ4n) is 2.12. The van der Waals surface area contributed by atoms with Crippen LogP contribution in [0.4, 0.5) is 0 Å². The molecule has 2 nitrogen and oxygen atoms in total. The van der Waals surface area contributed by atoms with Gasteiger partial charge in [0.25, 0.3) is 0 Å². The topological polar surface area (TPSA) is 26.3 Å². The van der Waals surface area contributed by atoms with E-state index in [0.717, 1.165) is 41.9 Å². The number of benzene rings is 1. The van der Waals surface area contributed by atoms with E-state index in [2.05, 4.69) is 0 Å². The average molecular weight is 186 g/mol. The van der Waals surface area contributed by atoms with Crippen LogP contribution < -0.4 is 0 Å². The van der Waals surface area contributed by atoms with Crippen molar-refractivity contribution in [1.29, 1.82) is 0 Å². The minimum absolute atomic E-state index is 0.162. The second-order valence-electron chi connectivity index (χ2n) is 3.63. The van der Waals surface area contributed by atoms with Crippen molar-refractivity contribution in [3.8, 4) is 0 Å². The number of carbonyl (C=O) groups is 1. The first-order valence-electron chi connectivity index (χ1n) is 4.88. The Morgan fingerprint density at radius 2 is 1.93 bits per heavy atom. The summed E-state index contributed by atoms with van der Waals surface area (Å²) in [7, 11) is 0. The molecule has 0 saturated carbocycles. The van der Waals surface area contributed by atoms with Gasteiger partial charge in [0, 0.05) is 16.7 Å². The van der Waals surface area contributed by atoms with Crippen molar-refractivity contribution in [2.24, 2.45) is 0 Å². The van der Waals surface area contributed by atoms with E-state index >= 15 is 0 Å². The average Bonchev–Trinajstić information content (AvgIpc) is 2.55. The van der Waals surface area contributed by atoms with Crippen LogP contribution in [0.5, 0.6) is 0 Å². The Balaban J connectivity index is 2.23. The van der Waals surface area contributed by atoms with Crippen molar-refractivity contribution in [1.82, 2.24) is 0 Å². The summed E-state index contributed by atoms with van der Waals surface area (Å²) < 4.78 is 5.56. The molecule has 0 unspecified atom stereocenters. The SMILES string of the molecule is O=C1C2=C(OCCC2)c2ccccc21. The number of fused-ring (bicyclic) bond motifs is 2. The third-order valence-electron chi connectivity index (χ3n) is 2.78. The Labute approximate surface area is 82.2 Å². The molecule has 0 aromatic heterocycles. The number of Topliss-reactive ketones (excluding diaryl/α,β-unsaturated/α-hetero) is 1.